The molecule has 0 bridgehead atoms. The lowest BCUT2D eigenvalue weighted by Gasteiger charge is -2.22. The minimum Gasteiger partial charge on any atom is -0.467 e. The molecule has 1 unspecified atom stereocenters. The second-order valence-corrected chi connectivity index (χ2v) is 5.52. The monoisotopic (exact) mass is 269 g/mol. The van der Waals surface area contributed by atoms with Crippen LogP contribution < -0.4 is 15.4 Å². The van der Waals surface area contributed by atoms with Gasteiger partial charge in [-0.2, -0.15) is 15.0 Å². The van der Waals surface area contributed by atoms with E-state index < -0.39 is 6.10 Å². The van der Waals surface area contributed by atoms with E-state index in [1.54, 1.807) is 7.05 Å². The Bertz CT molecular complexity index is 383. The van der Waals surface area contributed by atoms with Crippen LogP contribution in [0, 0.1) is 5.41 Å². The number of aliphatic hydroxyl groups is 1. The van der Waals surface area contributed by atoms with Crippen LogP contribution in [0.25, 0.3) is 0 Å². The van der Waals surface area contributed by atoms with Gasteiger partial charge in [-0.3, -0.25) is 0 Å². The van der Waals surface area contributed by atoms with Gasteiger partial charge >= 0.3 is 6.01 Å². The van der Waals surface area contributed by atoms with Gasteiger partial charge in [0.15, 0.2) is 0 Å². The summed E-state index contributed by atoms with van der Waals surface area (Å²) in [5.74, 6) is 0.795. The number of nitrogens with zero attached hydrogens (tertiary/aromatic N) is 3. The third-order valence-corrected chi connectivity index (χ3v) is 2.36. The van der Waals surface area contributed by atoms with Crippen molar-refractivity contribution in [3.63, 3.8) is 0 Å². The van der Waals surface area contributed by atoms with E-state index in [0.717, 1.165) is 0 Å². The molecule has 1 rings (SSSR count). The lowest BCUT2D eigenvalue weighted by molar-refractivity contribution is 0.132. The highest BCUT2D eigenvalue weighted by Gasteiger charge is 2.17. The predicted octanol–water partition coefficient (Wildman–Crippen LogP) is 1.13. The second kappa shape index (κ2) is 6.51. The smallest absolute Gasteiger partial charge is 0.322 e. The first-order chi connectivity index (χ1) is 8.84. The average molecular weight is 269 g/mol. The molecule has 19 heavy (non-hydrogen) atoms. The first-order valence-electron chi connectivity index (χ1n) is 6.24. The largest absolute Gasteiger partial charge is 0.467 e. The molecule has 0 saturated carbocycles. The highest BCUT2D eigenvalue weighted by molar-refractivity contribution is 5.35. The van der Waals surface area contributed by atoms with E-state index in [1.807, 2.05) is 0 Å². The Balaban J connectivity index is 2.62. The van der Waals surface area contributed by atoms with E-state index in [0.29, 0.717) is 24.9 Å². The summed E-state index contributed by atoms with van der Waals surface area (Å²) in [6.07, 6.45) is 0.238. The lowest BCUT2D eigenvalue weighted by Crippen LogP contribution is -2.26. The summed E-state index contributed by atoms with van der Waals surface area (Å²) in [5, 5.41) is 15.7. The zero-order valence-corrected chi connectivity index (χ0v) is 12.2. The van der Waals surface area contributed by atoms with E-state index in [9.17, 15) is 5.11 Å². The molecule has 0 saturated heterocycles. The minimum absolute atomic E-state index is 0.0774. The van der Waals surface area contributed by atoms with Crippen molar-refractivity contribution in [1.29, 1.82) is 0 Å². The first kappa shape index (κ1) is 15.4. The fourth-order valence-corrected chi connectivity index (χ4v) is 1.63. The highest BCUT2D eigenvalue weighted by atomic mass is 16.5. The van der Waals surface area contributed by atoms with Crippen molar-refractivity contribution in [3.8, 4) is 6.01 Å². The minimum atomic E-state index is -0.458. The predicted molar refractivity (Wildman–Crippen MR) is 74.5 cm³/mol. The maximum absolute atomic E-state index is 9.92. The van der Waals surface area contributed by atoms with Crippen LogP contribution in [-0.2, 0) is 0 Å². The molecule has 1 aromatic heterocycles. The van der Waals surface area contributed by atoms with Crippen molar-refractivity contribution in [2.75, 3.05) is 31.3 Å². The van der Waals surface area contributed by atoms with Crippen molar-refractivity contribution < 1.29 is 9.84 Å². The topological polar surface area (TPSA) is 92.2 Å². The molecule has 3 N–H and O–H groups in total. The van der Waals surface area contributed by atoms with E-state index in [2.05, 4.69) is 46.4 Å². The number of hydrogen-bond donors (Lipinski definition) is 3. The number of rotatable bonds is 6. The van der Waals surface area contributed by atoms with Gasteiger partial charge in [-0.15, -0.1) is 0 Å². The normalized spacial score (nSPS) is 12.9. The van der Waals surface area contributed by atoms with Gasteiger partial charge in [-0.25, -0.2) is 0 Å². The first-order valence-corrected chi connectivity index (χ1v) is 6.24. The van der Waals surface area contributed by atoms with Gasteiger partial charge in [-0.05, 0) is 11.8 Å². The van der Waals surface area contributed by atoms with Crippen molar-refractivity contribution >= 4 is 11.9 Å². The van der Waals surface area contributed by atoms with Crippen LogP contribution in [-0.4, -0.2) is 46.9 Å². The van der Waals surface area contributed by atoms with Gasteiger partial charge < -0.3 is 20.5 Å². The molecule has 0 amide bonds. The van der Waals surface area contributed by atoms with Crippen LogP contribution in [0.5, 0.6) is 6.01 Å². The Kier molecular flexibility index (Phi) is 5.29. The van der Waals surface area contributed by atoms with Crippen LogP contribution in [0.15, 0.2) is 0 Å². The summed E-state index contributed by atoms with van der Waals surface area (Å²) in [6, 6.07) is 0.229. The number of aromatic nitrogens is 3. The number of nitrogens with one attached hydrogen (secondary N) is 2. The number of anilines is 2. The van der Waals surface area contributed by atoms with Crippen LogP contribution in [0.4, 0.5) is 11.9 Å². The van der Waals surface area contributed by atoms with E-state index in [4.69, 9.17) is 4.74 Å². The van der Waals surface area contributed by atoms with Crippen LogP contribution in [0.2, 0.25) is 0 Å². The van der Waals surface area contributed by atoms with Crippen LogP contribution in [0.1, 0.15) is 27.2 Å². The van der Waals surface area contributed by atoms with E-state index >= 15 is 0 Å². The molecule has 0 aliphatic heterocycles. The number of ether oxygens (including phenoxy) is 1. The fraction of sp³-hybridized carbons (Fsp3) is 0.750. The Hall–Kier alpha value is -1.63. The molecule has 1 atom stereocenters. The van der Waals surface area contributed by atoms with Crippen LogP contribution in [0.3, 0.4) is 0 Å². The number of hydrogen-bond acceptors (Lipinski definition) is 7. The molecule has 0 spiro atoms. The molecule has 0 aliphatic rings. The number of methoxy groups -OCH3 is 1. The third kappa shape index (κ3) is 5.69. The summed E-state index contributed by atoms with van der Waals surface area (Å²) in [7, 11) is 3.21. The van der Waals surface area contributed by atoms with Gasteiger partial charge in [0.2, 0.25) is 11.9 Å². The molecule has 0 aromatic carbocycles. The van der Waals surface area contributed by atoms with Crippen molar-refractivity contribution in [3.05, 3.63) is 0 Å². The zero-order chi connectivity index (χ0) is 14.5. The molecular formula is C12H23N5O2. The van der Waals surface area contributed by atoms with Gasteiger partial charge in [0, 0.05) is 13.6 Å². The zero-order valence-electron chi connectivity index (χ0n) is 12.2. The van der Waals surface area contributed by atoms with Gasteiger partial charge in [0.1, 0.15) is 0 Å². The van der Waals surface area contributed by atoms with E-state index in [-0.39, 0.29) is 11.4 Å². The average Bonchev–Trinajstić information content (AvgIpc) is 2.33. The third-order valence-electron chi connectivity index (χ3n) is 2.36. The summed E-state index contributed by atoms with van der Waals surface area (Å²) in [6.45, 7) is 6.64. The molecule has 1 heterocycles. The molecule has 0 aliphatic carbocycles. The molecule has 1 aromatic rings. The van der Waals surface area contributed by atoms with E-state index in [1.165, 1.54) is 7.11 Å². The fourth-order valence-electron chi connectivity index (χ4n) is 1.63. The Labute approximate surface area is 113 Å². The summed E-state index contributed by atoms with van der Waals surface area (Å²) >= 11 is 0. The van der Waals surface area contributed by atoms with Gasteiger partial charge in [0.25, 0.3) is 0 Å². The summed E-state index contributed by atoms with van der Waals surface area (Å²) < 4.78 is 4.98. The SMILES string of the molecule is CNc1nc(NCC(O)CC(C)(C)C)nc(OC)n1. The van der Waals surface area contributed by atoms with Gasteiger partial charge in [-0.1, -0.05) is 20.8 Å². The van der Waals surface area contributed by atoms with Gasteiger partial charge in [0.05, 0.1) is 13.2 Å². The lowest BCUT2D eigenvalue weighted by atomic mass is 9.89. The second-order valence-electron chi connectivity index (χ2n) is 5.52. The number of aliphatic hydroxyl groups excluding tert-OH is 1. The maximum Gasteiger partial charge on any atom is 0.322 e. The summed E-state index contributed by atoms with van der Waals surface area (Å²) in [4.78, 5) is 12.2. The Morgan fingerprint density at radius 1 is 1.21 bits per heavy atom. The molecule has 7 nitrogen and oxygen atoms in total. The van der Waals surface area contributed by atoms with Crippen molar-refractivity contribution in [2.45, 2.75) is 33.3 Å². The highest BCUT2D eigenvalue weighted by Crippen LogP contribution is 2.20. The molecular weight excluding hydrogens is 246 g/mol. The van der Waals surface area contributed by atoms with Crippen molar-refractivity contribution in [2.24, 2.45) is 5.41 Å². The molecule has 0 radical (unpaired) electrons. The Morgan fingerprint density at radius 3 is 2.37 bits per heavy atom. The molecule has 0 fully saturated rings. The maximum atomic E-state index is 9.92. The molecule has 108 valence electrons. The molecule has 7 heteroatoms. The quantitative estimate of drug-likeness (QED) is 0.713. The van der Waals surface area contributed by atoms with Crippen molar-refractivity contribution in [1.82, 2.24) is 15.0 Å². The standard InChI is InChI=1S/C12H23N5O2/c1-12(2,3)6-8(18)7-14-10-15-9(13-4)16-11(17-10)19-5/h8,18H,6-7H2,1-5H3,(H2,13,14,15,16,17). The van der Waals surface area contributed by atoms with Crippen LogP contribution >= 0.6 is 0 Å². The Morgan fingerprint density at radius 2 is 1.84 bits per heavy atom. The summed E-state index contributed by atoms with van der Waals surface area (Å²) in [5.41, 5.74) is 0.0774.